The average molecular weight is 426 g/mol. The van der Waals surface area contributed by atoms with Crippen molar-refractivity contribution in [3.8, 4) is 5.75 Å². The third-order valence-corrected chi connectivity index (χ3v) is 9.52. The van der Waals surface area contributed by atoms with Crippen molar-refractivity contribution < 1.29 is 24.0 Å². The summed E-state index contributed by atoms with van der Waals surface area (Å²) in [4.78, 5) is 12.7. The van der Waals surface area contributed by atoms with Crippen LogP contribution in [0.1, 0.15) is 41.5 Å². The number of nitrogens with zero attached hydrogens (tertiary/aromatic N) is 1. The van der Waals surface area contributed by atoms with E-state index < -0.39 is 27.1 Å². The first-order chi connectivity index (χ1) is 12.5. The number of carbonyl (C=O) groups excluding carboxylic acids is 1. The molecule has 1 aromatic carbocycles. The van der Waals surface area contributed by atoms with Gasteiger partial charge in [0.15, 0.2) is 0 Å². The zero-order valence-electron chi connectivity index (χ0n) is 17.8. The van der Waals surface area contributed by atoms with Gasteiger partial charge in [-0.05, 0) is 57.1 Å². The Hall–Kier alpha value is -1.48. The summed E-state index contributed by atoms with van der Waals surface area (Å²) in [6.45, 7) is 15.9. The molecule has 0 bridgehead atoms. The largest absolute Gasteiger partial charge is 0.543 e. The molecule has 0 saturated heterocycles. The molecule has 0 saturated carbocycles. The number of rotatable bonds is 3. The van der Waals surface area contributed by atoms with E-state index in [-0.39, 0.29) is 15.7 Å². The van der Waals surface area contributed by atoms with Gasteiger partial charge in [0.25, 0.3) is 0 Å². The van der Waals surface area contributed by atoms with Crippen molar-refractivity contribution >= 4 is 49.6 Å². The summed E-state index contributed by atoms with van der Waals surface area (Å²) in [6.07, 6.45) is -0.731. The summed E-state index contributed by atoms with van der Waals surface area (Å²) in [5.74, 6) is 0.587. The molecule has 2 N–H and O–H groups in total. The molecule has 0 aliphatic rings. The Morgan fingerprint density at radius 3 is 2.14 bits per heavy atom. The van der Waals surface area contributed by atoms with E-state index in [1.54, 1.807) is 32.9 Å². The van der Waals surface area contributed by atoms with Crippen LogP contribution in [0.15, 0.2) is 18.2 Å². The third kappa shape index (κ3) is 4.74. The van der Waals surface area contributed by atoms with Gasteiger partial charge < -0.3 is 19.2 Å². The molecule has 1 aromatic heterocycles. The molecule has 0 spiro atoms. The van der Waals surface area contributed by atoms with Crippen LogP contribution < -0.4 is 10.0 Å². The number of ether oxygens (including phenoxy) is 1. The van der Waals surface area contributed by atoms with E-state index in [2.05, 4.69) is 33.9 Å². The van der Waals surface area contributed by atoms with Crippen molar-refractivity contribution in [1.82, 2.24) is 4.57 Å². The minimum atomic E-state index is -2.09. The average Bonchev–Trinajstić information content (AvgIpc) is 2.83. The lowest BCUT2D eigenvalue weighted by atomic mass is 9.86. The quantitative estimate of drug-likeness (QED) is 0.722. The van der Waals surface area contributed by atoms with Gasteiger partial charge in [-0.15, -0.1) is 0 Å². The second kappa shape index (κ2) is 7.41. The second-order valence-corrected chi connectivity index (χ2v) is 14.6. The van der Waals surface area contributed by atoms with E-state index in [1.807, 2.05) is 0 Å². The molecule has 0 unspecified atom stereocenters. The van der Waals surface area contributed by atoms with Crippen molar-refractivity contribution in [2.24, 2.45) is 0 Å². The lowest BCUT2D eigenvalue weighted by Gasteiger charge is -2.36. The number of fused-ring (bicyclic) bond motifs is 1. The normalized spacial score (nSPS) is 13.0. The van der Waals surface area contributed by atoms with E-state index in [9.17, 15) is 14.8 Å². The van der Waals surface area contributed by atoms with Crippen LogP contribution in [-0.2, 0) is 4.74 Å². The maximum atomic E-state index is 12.7. The number of hydrogen-bond acceptors (Lipinski definition) is 5. The summed E-state index contributed by atoms with van der Waals surface area (Å²) >= 11 is 6.49. The van der Waals surface area contributed by atoms with Gasteiger partial charge in [-0.2, -0.15) is 0 Å². The zero-order valence-corrected chi connectivity index (χ0v) is 19.5. The minimum absolute atomic E-state index is 0.00331. The standard InChI is InChI=1S/C19H29BClNO5Si/c1-18(2,3)26-17(23)22-15(20(24)25)10-12-9-13(11-14(21)16(12)22)27-28(7,8)19(4,5)6/h9-11,24-25H,1-8H3. The Morgan fingerprint density at radius 2 is 1.68 bits per heavy atom. The van der Waals surface area contributed by atoms with Gasteiger partial charge in [0.1, 0.15) is 11.4 Å². The summed E-state index contributed by atoms with van der Waals surface area (Å²) < 4.78 is 12.8. The molecule has 28 heavy (non-hydrogen) atoms. The Bertz CT molecular complexity index is 896. The predicted molar refractivity (Wildman–Crippen MR) is 116 cm³/mol. The SMILES string of the molecule is CC(C)(C)OC(=O)n1c(B(O)O)cc2cc(O[Si](C)(C)C(C)(C)C)cc(Cl)c21. The van der Waals surface area contributed by atoms with Crippen LogP contribution in [0.4, 0.5) is 4.79 Å². The second-order valence-electron chi connectivity index (χ2n) is 9.46. The Kier molecular flexibility index (Phi) is 6.03. The maximum absolute atomic E-state index is 12.7. The van der Waals surface area contributed by atoms with Crippen LogP contribution in [0.25, 0.3) is 10.9 Å². The first kappa shape index (κ1) is 22.8. The van der Waals surface area contributed by atoms with Crippen LogP contribution in [0, 0.1) is 0 Å². The van der Waals surface area contributed by atoms with Crippen LogP contribution >= 0.6 is 11.6 Å². The fourth-order valence-corrected chi connectivity index (χ4v) is 3.81. The summed E-state index contributed by atoms with van der Waals surface area (Å²) in [7, 11) is -3.95. The molecule has 0 amide bonds. The van der Waals surface area contributed by atoms with Crippen molar-refractivity contribution in [1.29, 1.82) is 0 Å². The molecule has 0 atom stereocenters. The Balaban J connectivity index is 2.61. The van der Waals surface area contributed by atoms with Crippen molar-refractivity contribution in [2.45, 2.75) is 65.3 Å². The molecule has 154 valence electrons. The molecule has 0 aliphatic carbocycles. The van der Waals surface area contributed by atoms with E-state index in [1.165, 1.54) is 6.07 Å². The zero-order chi connectivity index (χ0) is 21.7. The third-order valence-electron chi connectivity index (χ3n) is 4.87. The van der Waals surface area contributed by atoms with Crippen molar-refractivity contribution in [3.63, 3.8) is 0 Å². The summed E-state index contributed by atoms with van der Waals surface area (Å²) in [5.41, 5.74) is -0.416. The van der Waals surface area contributed by atoms with Gasteiger partial charge in [0, 0.05) is 5.39 Å². The molecule has 2 aromatic rings. The minimum Gasteiger partial charge on any atom is -0.543 e. The van der Waals surface area contributed by atoms with Gasteiger partial charge >= 0.3 is 13.2 Å². The van der Waals surface area contributed by atoms with Gasteiger partial charge in [-0.3, -0.25) is 4.57 Å². The van der Waals surface area contributed by atoms with Gasteiger partial charge in [-0.1, -0.05) is 32.4 Å². The lowest BCUT2D eigenvalue weighted by Crippen LogP contribution is -2.43. The van der Waals surface area contributed by atoms with Gasteiger partial charge in [0.2, 0.25) is 8.32 Å². The fraction of sp³-hybridized carbons (Fsp3) is 0.526. The van der Waals surface area contributed by atoms with Crippen molar-refractivity contribution in [3.05, 3.63) is 23.2 Å². The first-order valence-electron chi connectivity index (χ1n) is 9.17. The Labute approximate surface area is 172 Å². The van der Waals surface area contributed by atoms with E-state index in [4.69, 9.17) is 20.8 Å². The summed E-state index contributed by atoms with van der Waals surface area (Å²) in [6, 6.07) is 4.92. The molecule has 2 rings (SSSR count). The van der Waals surface area contributed by atoms with Crippen LogP contribution in [0.2, 0.25) is 23.2 Å². The highest BCUT2D eigenvalue weighted by Crippen LogP contribution is 2.39. The molecule has 1 heterocycles. The molecule has 0 fully saturated rings. The highest BCUT2D eigenvalue weighted by molar-refractivity contribution is 6.74. The number of aromatic nitrogens is 1. The molecule has 9 heteroatoms. The fourth-order valence-electron chi connectivity index (χ4n) is 2.49. The topological polar surface area (TPSA) is 80.9 Å². The van der Waals surface area contributed by atoms with Gasteiger partial charge in [-0.25, -0.2) is 4.79 Å². The number of carbonyl (C=O) groups is 1. The number of benzene rings is 1. The smallest absolute Gasteiger partial charge is 0.506 e. The summed E-state index contributed by atoms with van der Waals surface area (Å²) in [5, 5.41) is 20.4. The molecular formula is C19H29BClNO5Si. The van der Waals surface area contributed by atoms with Crippen LogP contribution in [0.3, 0.4) is 0 Å². The number of halogens is 1. The predicted octanol–water partition coefficient (Wildman–Crippen LogP) is 4.14. The van der Waals surface area contributed by atoms with E-state index in [0.717, 1.165) is 4.57 Å². The van der Waals surface area contributed by atoms with Crippen molar-refractivity contribution in [2.75, 3.05) is 0 Å². The van der Waals surface area contributed by atoms with Gasteiger partial charge in [0.05, 0.1) is 16.1 Å². The molecule has 6 nitrogen and oxygen atoms in total. The lowest BCUT2D eigenvalue weighted by molar-refractivity contribution is 0.0547. The van der Waals surface area contributed by atoms with Crippen LogP contribution in [-0.4, -0.2) is 41.7 Å². The monoisotopic (exact) mass is 425 g/mol. The maximum Gasteiger partial charge on any atom is 0.506 e. The highest BCUT2D eigenvalue weighted by Gasteiger charge is 2.39. The molecule has 0 aliphatic heterocycles. The number of hydrogen-bond donors (Lipinski definition) is 2. The van der Waals surface area contributed by atoms with E-state index in [0.29, 0.717) is 16.7 Å². The van der Waals surface area contributed by atoms with E-state index >= 15 is 0 Å². The Morgan fingerprint density at radius 1 is 1.11 bits per heavy atom. The molecular weight excluding hydrogens is 397 g/mol. The first-order valence-corrected chi connectivity index (χ1v) is 12.5. The highest BCUT2D eigenvalue weighted by atomic mass is 35.5. The molecule has 0 radical (unpaired) electrons. The van der Waals surface area contributed by atoms with Crippen LogP contribution in [0.5, 0.6) is 5.75 Å².